The Labute approximate surface area is 261 Å². The van der Waals surface area contributed by atoms with Gasteiger partial charge in [0.25, 0.3) is 0 Å². The van der Waals surface area contributed by atoms with Gasteiger partial charge in [-0.1, -0.05) is 188 Å². The van der Waals surface area contributed by atoms with E-state index >= 15 is 0 Å². The second-order valence-corrected chi connectivity index (χ2v) is 8.15. The summed E-state index contributed by atoms with van der Waals surface area (Å²) in [7, 11) is 0. The highest BCUT2D eigenvalue weighted by molar-refractivity contribution is 5.76. The van der Waals surface area contributed by atoms with Crippen LogP contribution in [0.4, 0.5) is 0 Å². The lowest BCUT2D eigenvalue weighted by Crippen LogP contribution is -1.91. The zero-order valence-corrected chi connectivity index (χ0v) is 30.9. The predicted molar refractivity (Wildman–Crippen MR) is 202 cm³/mol. The van der Waals surface area contributed by atoms with Crippen LogP contribution in [0.25, 0.3) is 11.1 Å². The topological polar surface area (TPSA) is 0 Å². The van der Waals surface area contributed by atoms with Crippen LogP contribution in [0.15, 0.2) is 97.7 Å². The first kappa shape index (κ1) is 51.2. The SMILES string of the molecule is C=C/C(=C\CC)c1cccc(C(=C)C)c1.C=CC(=C\C)/C(=C/C)C(=C)C.CC.CC.CC.CC.CCC(CC)CC. The average Bonchev–Trinajstić information content (AvgIpc) is 3.03. The minimum atomic E-state index is 0.986. The van der Waals surface area contributed by atoms with Gasteiger partial charge in [0.05, 0.1) is 0 Å². The number of hydrogen-bond acceptors (Lipinski definition) is 0. The maximum Gasteiger partial charge on any atom is -0.0181 e. The highest BCUT2D eigenvalue weighted by Crippen LogP contribution is 2.21. The summed E-state index contributed by atoms with van der Waals surface area (Å²) in [4.78, 5) is 0. The Morgan fingerprint density at radius 1 is 0.707 bits per heavy atom. The maximum absolute atomic E-state index is 3.95. The van der Waals surface area contributed by atoms with E-state index in [2.05, 4.69) is 90.4 Å². The normalized spacial score (nSPS) is 9.93. The molecule has 1 aromatic rings. The first-order chi connectivity index (χ1) is 19.7. The summed E-state index contributed by atoms with van der Waals surface area (Å²) < 4.78 is 0. The van der Waals surface area contributed by atoms with Crippen molar-refractivity contribution in [2.75, 3.05) is 0 Å². The molecule has 0 aromatic heterocycles. The molecule has 0 saturated heterocycles. The molecule has 238 valence electrons. The molecule has 0 N–H and O–H groups in total. The molecule has 0 aliphatic heterocycles. The van der Waals surface area contributed by atoms with Gasteiger partial charge in [-0.25, -0.2) is 0 Å². The number of allylic oxidation sites excluding steroid dienone is 10. The van der Waals surface area contributed by atoms with Crippen LogP contribution < -0.4 is 0 Å². The minimum absolute atomic E-state index is 0.986. The smallest absolute Gasteiger partial charge is 0.0181 e. The Morgan fingerprint density at radius 3 is 1.37 bits per heavy atom. The monoisotopic (exact) mass is 567 g/mol. The molecular weight excluding hydrogens is 492 g/mol. The first-order valence-corrected chi connectivity index (χ1v) is 16.4. The van der Waals surface area contributed by atoms with Gasteiger partial charge in [0, 0.05) is 0 Å². The fourth-order valence-corrected chi connectivity index (χ4v) is 3.41. The van der Waals surface area contributed by atoms with Crippen molar-refractivity contribution >= 4 is 11.1 Å². The summed E-state index contributed by atoms with van der Waals surface area (Å²) >= 11 is 0. The Bertz CT molecular complexity index is 814. The Hall–Kier alpha value is -2.60. The molecule has 0 nitrogen and oxygen atoms in total. The molecule has 1 aromatic carbocycles. The molecule has 0 heteroatoms. The number of rotatable bonds is 10. The van der Waals surface area contributed by atoms with Gasteiger partial charge in [-0.3, -0.25) is 0 Å². The van der Waals surface area contributed by atoms with E-state index in [4.69, 9.17) is 0 Å². The Balaban J connectivity index is -0.000000104. The first-order valence-electron chi connectivity index (χ1n) is 16.4. The van der Waals surface area contributed by atoms with Crippen LogP contribution >= 0.6 is 0 Å². The standard InChI is InChI=1S/C15H18.C11H16.C7H16.4C2H6/c1-5-8-13(6-2)15-10-7-9-14(11-15)12(3)4;1-6-10(7-2)11(8-3)9(4)5;1-4-7(5-2)6-3;4*1-2/h6-11H,2-3,5H2,1,4H3;6-8H,1,4H2,2-3,5H3;7H,4-6H2,1-3H3;4*1-2H3/b13-8+;10-7+,11-8+;;;;;. The molecule has 0 bridgehead atoms. The summed E-state index contributed by atoms with van der Waals surface area (Å²) in [5.41, 5.74) is 8.11. The third-order valence-electron chi connectivity index (χ3n) is 5.66. The fourth-order valence-electron chi connectivity index (χ4n) is 3.41. The van der Waals surface area contributed by atoms with E-state index in [0.29, 0.717) is 0 Å². The molecule has 0 fully saturated rings. The van der Waals surface area contributed by atoms with Gasteiger partial charge in [0.2, 0.25) is 0 Å². The molecule has 0 unspecified atom stereocenters. The van der Waals surface area contributed by atoms with Crippen molar-refractivity contribution in [2.45, 2.75) is 136 Å². The lowest BCUT2D eigenvalue weighted by atomic mass is 10.00. The van der Waals surface area contributed by atoms with Crippen LogP contribution in [0.3, 0.4) is 0 Å². The van der Waals surface area contributed by atoms with Crippen molar-refractivity contribution in [2.24, 2.45) is 5.92 Å². The van der Waals surface area contributed by atoms with Gasteiger partial charge in [0.15, 0.2) is 0 Å². The molecule has 0 atom stereocenters. The van der Waals surface area contributed by atoms with E-state index in [1.54, 1.807) is 0 Å². The van der Waals surface area contributed by atoms with Gasteiger partial charge in [-0.05, 0) is 73.9 Å². The molecule has 0 heterocycles. The van der Waals surface area contributed by atoms with Gasteiger partial charge < -0.3 is 0 Å². The van der Waals surface area contributed by atoms with Crippen LogP contribution in [-0.4, -0.2) is 0 Å². The van der Waals surface area contributed by atoms with Crippen molar-refractivity contribution in [3.8, 4) is 0 Å². The molecule has 41 heavy (non-hydrogen) atoms. The summed E-state index contributed by atoms with van der Waals surface area (Å²) in [5.74, 6) is 0.986. The molecule has 1 rings (SSSR count). The zero-order chi connectivity index (χ0) is 33.8. The van der Waals surface area contributed by atoms with E-state index in [1.807, 2.05) is 101 Å². The highest BCUT2D eigenvalue weighted by Gasteiger charge is 2.00. The lowest BCUT2D eigenvalue weighted by Gasteiger charge is -2.05. The summed E-state index contributed by atoms with van der Waals surface area (Å²) in [6.45, 7) is 48.4. The zero-order valence-electron chi connectivity index (χ0n) is 30.9. The highest BCUT2D eigenvalue weighted by atomic mass is 14.0. The molecule has 0 aliphatic rings. The van der Waals surface area contributed by atoms with Crippen molar-refractivity contribution in [3.05, 3.63) is 109 Å². The van der Waals surface area contributed by atoms with Gasteiger partial charge in [-0.2, -0.15) is 0 Å². The molecule has 0 aliphatic carbocycles. The van der Waals surface area contributed by atoms with Crippen molar-refractivity contribution in [1.82, 2.24) is 0 Å². The van der Waals surface area contributed by atoms with Crippen molar-refractivity contribution in [3.63, 3.8) is 0 Å². The van der Waals surface area contributed by atoms with E-state index in [-0.39, 0.29) is 0 Å². The van der Waals surface area contributed by atoms with Crippen LogP contribution in [0.5, 0.6) is 0 Å². The lowest BCUT2D eigenvalue weighted by molar-refractivity contribution is 0.477. The fraction of sp³-hybridized carbons (Fsp3) is 0.512. The van der Waals surface area contributed by atoms with Crippen LogP contribution in [-0.2, 0) is 0 Å². The van der Waals surface area contributed by atoms with E-state index in [0.717, 1.165) is 29.1 Å². The van der Waals surface area contributed by atoms with Crippen LogP contribution in [0, 0.1) is 5.92 Å². The number of benzene rings is 1. The second-order valence-electron chi connectivity index (χ2n) is 8.15. The van der Waals surface area contributed by atoms with Crippen LogP contribution in [0.2, 0.25) is 0 Å². The average molecular weight is 567 g/mol. The molecule has 0 saturated carbocycles. The van der Waals surface area contributed by atoms with Crippen molar-refractivity contribution in [1.29, 1.82) is 0 Å². The van der Waals surface area contributed by atoms with Crippen LogP contribution in [0.1, 0.15) is 148 Å². The summed E-state index contributed by atoms with van der Waals surface area (Å²) in [6, 6.07) is 8.41. The summed E-state index contributed by atoms with van der Waals surface area (Å²) in [5, 5.41) is 0. The van der Waals surface area contributed by atoms with E-state index in [9.17, 15) is 0 Å². The Kier molecular flexibility index (Phi) is 52.3. The quantitative estimate of drug-likeness (QED) is 0.247. The van der Waals surface area contributed by atoms with E-state index in [1.165, 1.54) is 41.5 Å². The van der Waals surface area contributed by atoms with E-state index < -0.39 is 0 Å². The Morgan fingerprint density at radius 2 is 1.15 bits per heavy atom. The third-order valence-corrected chi connectivity index (χ3v) is 5.66. The second kappa shape index (κ2) is 41.9. The van der Waals surface area contributed by atoms with Gasteiger partial charge in [-0.15, -0.1) is 0 Å². The molecule has 0 amide bonds. The third kappa shape index (κ3) is 28.7. The predicted octanol–water partition coefficient (Wildman–Crippen LogP) is 15.3. The van der Waals surface area contributed by atoms with Gasteiger partial charge >= 0.3 is 0 Å². The maximum atomic E-state index is 3.95. The molecule has 0 radical (unpaired) electrons. The van der Waals surface area contributed by atoms with Crippen molar-refractivity contribution < 1.29 is 0 Å². The molecule has 0 spiro atoms. The minimum Gasteiger partial charge on any atom is -0.0985 e. The summed E-state index contributed by atoms with van der Waals surface area (Å²) in [6.07, 6.45) is 15.1. The molecular formula is C41H74. The number of hydrogen-bond donors (Lipinski definition) is 0. The van der Waals surface area contributed by atoms with Gasteiger partial charge in [0.1, 0.15) is 0 Å². The largest absolute Gasteiger partial charge is 0.0985 e.